The first-order valence-electron chi connectivity index (χ1n) is 22.3. The second kappa shape index (κ2) is 38.3. The number of esters is 2. The van der Waals surface area contributed by atoms with Crippen LogP contribution in [0, 0.1) is 0 Å². The number of rotatable bonds is 41. The summed E-state index contributed by atoms with van der Waals surface area (Å²) in [5, 5.41) is 0. The quantitative estimate of drug-likeness (QED) is 0.0483. The van der Waals surface area contributed by atoms with E-state index in [1.54, 1.807) is 6.20 Å². The monoisotopic (exact) mass is 750 g/mol. The van der Waals surface area contributed by atoms with Crippen LogP contribution in [0.25, 0.3) is 0 Å². The molecule has 53 heavy (non-hydrogen) atoms. The highest BCUT2D eigenvalue weighted by Crippen LogP contribution is 2.13. The molecule has 1 aromatic heterocycles. The summed E-state index contributed by atoms with van der Waals surface area (Å²) in [5.74, 6) is 0.401. The second-order valence-corrected chi connectivity index (χ2v) is 14.8. The highest BCUT2D eigenvalue weighted by Gasteiger charge is 2.15. The molecule has 1 heterocycles. The van der Waals surface area contributed by atoms with Crippen LogP contribution in [0.3, 0.4) is 0 Å². The molecule has 0 radical (unpaired) electrons. The predicted octanol–water partition coefficient (Wildman–Crippen LogP) is 11.0. The Bertz CT molecular complexity index is 890. The van der Waals surface area contributed by atoms with Crippen molar-refractivity contribution in [1.82, 2.24) is 14.5 Å². The lowest BCUT2D eigenvalue weighted by molar-refractivity contribution is -0.145. The minimum atomic E-state index is -0.254. The number of carbonyl (C=O) groups excluding carboxylic acids is 2. The van der Waals surface area contributed by atoms with Crippen molar-refractivity contribution in [1.29, 1.82) is 0 Å². The van der Waals surface area contributed by atoms with Crippen molar-refractivity contribution in [2.75, 3.05) is 52.7 Å². The Morgan fingerprint density at radius 3 is 1.28 bits per heavy atom. The van der Waals surface area contributed by atoms with E-state index in [0.29, 0.717) is 46.1 Å². The highest BCUT2D eigenvalue weighted by atomic mass is 16.6. The van der Waals surface area contributed by atoms with Gasteiger partial charge in [-0.3, -0.25) is 14.5 Å². The molecule has 9 heteroatoms. The SMILES string of the molecule is CCCCCCCCCCCCCCOCCOC(=O)CCN(CCC(=O)OCCOCCCCCCCCCCCCCC)Cc1nccn1CC. The molecule has 0 saturated carbocycles. The molecule has 310 valence electrons. The third-order valence-electron chi connectivity index (χ3n) is 10.0. The van der Waals surface area contributed by atoms with E-state index in [2.05, 4.69) is 35.2 Å². The fourth-order valence-corrected chi connectivity index (χ4v) is 6.62. The van der Waals surface area contributed by atoms with E-state index in [1.807, 2.05) is 6.20 Å². The molecular weight excluding hydrogens is 666 g/mol. The van der Waals surface area contributed by atoms with Crippen molar-refractivity contribution in [3.8, 4) is 0 Å². The van der Waals surface area contributed by atoms with Gasteiger partial charge in [-0.05, 0) is 19.8 Å². The summed E-state index contributed by atoms with van der Waals surface area (Å²) in [7, 11) is 0. The van der Waals surface area contributed by atoms with E-state index >= 15 is 0 Å². The van der Waals surface area contributed by atoms with Gasteiger partial charge >= 0.3 is 11.9 Å². The van der Waals surface area contributed by atoms with Gasteiger partial charge in [0.25, 0.3) is 0 Å². The summed E-state index contributed by atoms with van der Waals surface area (Å²) in [4.78, 5) is 31.6. The number of aromatic nitrogens is 2. The summed E-state index contributed by atoms with van der Waals surface area (Å²) < 4.78 is 24.3. The fraction of sp³-hybridized carbons (Fsp3) is 0.886. The second-order valence-electron chi connectivity index (χ2n) is 14.8. The Balaban J connectivity index is 2.11. The predicted molar refractivity (Wildman–Crippen MR) is 218 cm³/mol. The zero-order chi connectivity index (χ0) is 38.3. The number of aryl methyl sites for hydroxylation is 1. The van der Waals surface area contributed by atoms with Crippen LogP contribution in [0.4, 0.5) is 0 Å². The van der Waals surface area contributed by atoms with Gasteiger partial charge in [0.05, 0.1) is 32.6 Å². The van der Waals surface area contributed by atoms with Gasteiger partial charge in [-0.2, -0.15) is 0 Å². The Kier molecular flexibility index (Phi) is 35.5. The lowest BCUT2D eigenvalue weighted by atomic mass is 10.1. The zero-order valence-electron chi connectivity index (χ0n) is 34.9. The summed E-state index contributed by atoms with van der Waals surface area (Å²) in [6, 6.07) is 0. The van der Waals surface area contributed by atoms with Crippen LogP contribution in [-0.4, -0.2) is 79.1 Å². The van der Waals surface area contributed by atoms with E-state index in [0.717, 1.165) is 25.2 Å². The van der Waals surface area contributed by atoms with Crippen molar-refractivity contribution >= 4 is 11.9 Å². The highest BCUT2D eigenvalue weighted by molar-refractivity contribution is 5.70. The van der Waals surface area contributed by atoms with Gasteiger partial charge in [0.1, 0.15) is 19.0 Å². The molecule has 0 aliphatic carbocycles. The number of imidazole rings is 1. The molecular formula is C44H83N3O6. The van der Waals surface area contributed by atoms with Gasteiger partial charge < -0.3 is 23.5 Å². The third-order valence-corrected chi connectivity index (χ3v) is 10.0. The van der Waals surface area contributed by atoms with Gasteiger partial charge in [0.2, 0.25) is 0 Å². The third kappa shape index (κ3) is 32.0. The molecule has 0 unspecified atom stereocenters. The molecule has 0 aliphatic rings. The molecule has 0 amide bonds. The number of nitrogens with zero attached hydrogens (tertiary/aromatic N) is 3. The first-order valence-corrected chi connectivity index (χ1v) is 22.3. The van der Waals surface area contributed by atoms with E-state index < -0.39 is 0 Å². The Morgan fingerprint density at radius 1 is 0.528 bits per heavy atom. The maximum atomic E-state index is 12.5. The number of ether oxygens (including phenoxy) is 4. The minimum absolute atomic E-state index is 0.244. The molecule has 0 aromatic carbocycles. The topological polar surface area (TPSA) is 92.1 Å². The maximum absolute atomic E-state index is 12.5. The summed E-state index contributed by atoms with van der Waals surface area (Å²) in [6.07, 6.45) is 35.9. The van der Waals surface area contributed by atoms with Crippen molar-refractivity contribution in [3.05, 3.63) is 18.2 Å². The maximum Gasteiger partial charge on any atom is 0.307 e. The van der Waals surface area contributed by atoms with Crippen LogP contribution in [0.5, 0.6) is 0 Å². The number of unbranched alkanes of at least 4 members (excludes halogenated alkanes) is 22. The summed E-state index contributed by atoms with van der Waals surface area (Å²) >= 11 is 0. The average Bonchev–Trinajstić information content (AvgIpc) is 3.62. The van der Waals surface area contributed by atoms with Gasteiger partial charge in [-0.1, -0.05) is 155 Å². The van der Waals surface area contributed by atoms with Crippen LogP contribution in [0.2, 0.25) is 0 Å². The van der Waals surface area contributed by atoms with E-state index in [1.165, 1.54) is 141 Å². The first-order chi connectivity index (χ1) is 26.1. The molecule has 0 fully saturated rings. The minimum Gasteiger partial charge on any atom is -0.463 e. The van der Waals surface area contributed by atoms with Crippen LogP contribution in [-0.2, 0) is 41.6 Å². The normalized spacial score (nSPS) is 11.5. The lowest BCUT2D eigenvalue weighted by Crippen LogP contribution is -2.30. The van der Waals surface area contributed by atoms with Crippen LogP contribution in [0.1, 0.15) is 194 Å². The van der Waals surface area contributed by atoms with Crippen molar-refractivity contribution in [2.45, 2.75) is 201 Å². The first kappa shape index (κ1) is 49.0. The Morgan fingerprint density at radius 2 is 0.906 bits per heavy atom. The van der Waals surface area contributed by atoms with Crippen LogP contribution < -0.4 is 0 Å². The molecule has 0 N–H and O–H groups in total. The van der Waals surface area contributed by atoms with Gasteiger partial charge in [0.15, 0.2) is 0 Å². The zero-order valence-corrected chi connectivity index (χ0v) is 34.9. The lowest BCUT2D eigenvalue weighted by Gasteiger charge is -2.21. The average molecular weight is 750 g/mol. The molecule has 1 aromatic rings. The molecule has 0 spiro atoms. The Hall–Kier alpha value is -1.97. The van der Waals surface area contributed by atoms with E-state index in [-0.39, 0.29) is 38.0 Å². The molecule has 0 saturated heterocycles. The molecule has 0 bridgehead atoms. The largest absolute Gasteiger partial charge is 0.463 e. The van der Waals surface area contributed by atoms with Gasteiger partial charge in [-0.15, -0.1) is 0 Å². The molecule has 0 atom stereocenters. The van der Waals surface area contributed by atoms with Gasteiger partial charge in [0, 0.05) is 45.2 Å². The van der Waals surface area contributed by atoms with Crippen LogP contribution in [0.15, 0.2) is 12.4 Å². The van der Waals surface area contributed by atoms with Crippen molar-refractivity contribution in [3.63, 3.8) is 0 Å². The number of hydrogen-bond donors (Lipinski definition) is 0. The van der Waals surface area contributed by atoms with E-state index in [9.17, 15) is 9.59 Å². The van der Waals surface area contributed by atoms with Crippen molar-refractivity contribution in [2.24, 2.45) is 0 Å². The van der Waals surface area contributed by atoms with Crippen LogP contribution >= 0.6 is 0 Å². The molecule has 1 rings (SSSR count). The Labute approximate surface area is 326 Å². The standard InChI is InChI=1S/C44H83N3O6/c1-4-7-9-11-13-15-17-19-21-23-25-27-35-50-37-39-52-43(48)29-32-46(41-42-45-31-34-47(42)6-3)33-30-44(49)53-40-38-51-36-28-26-24-22-20-18-16-14-12-10-8-5-2/h31,34H,4-30,32-33,35-41H2,1-3H3. The summed E-state index contributed by atoms with van der Waals surface area (Å²) in [5.41, 5.74) is 0. The van der Waals surface area contributed by atoms with E-state index in [4.69, 9.17) is 18.9 Å². The van der Waals surface area contributed by atoms with Gasteiger partial charge in [-0.25, -0.2) is 4.98 Å². The fourth-order valence-electron chi connectivity index (χ4n) is 6.62. The molecule has 9 nitrogen and oxygen atoms in total. The summed E-state index contributed by atoms with van der Waals surface area (Å²) in [6.45, 7) is 11.7. The molecule has 0 aliphatic heterocycles. The van der Waals surface area contributed by atoms with Crippen molar-refractivity contribution < 1.29 is 28.5 Å². The number of hydrogen-bond acceptors (Lipinski definition) is 8. The number of carbonyl (C=O) groups is 2. The smallest absolute Gasteiger partial charge is 0.307 e.